The average molecular weight is 360 g/mol. The second-order valence-electron chi connectivity index (χ2n) is 5.87. The molecule has 0 amide bonds. The molecule has 0 aliphatic heterocycles. The van der Waals surface area contributed by atoms with Crippen LogP contribution in [0.2, 0.25) is 0 Å². The molecule has 0 fully saturated rings. The summed E-state index contributed by atoms with van der Waals surface area (Å²) in [5, 5.41) is 3.76. The van der Waals surface area contributed by atoms with Crippen LogP contribution in [-0.2, 0) is 4.84 Å². The van der Waals surface area contributed by atoms with Gasteiger partial charge in [-0.15, -0.1) is 0 Å². The van der Waals surface area contributed by atoms with Crippen molar-refractivity contribution in [1.82, 2.24) is 4.90 Å². The summed E-state index contributed by atoms with van der Waals surface area (Å²) in [7, 11) is 1.55. The minimum atomic E-state index is 0.546. The molecule has 144 valence electrons. The largest absolute Gasteiger partial charge is 0.490 e. The third kappa shape index (κ3) is 8.21. The Hall–Kier alpha value is -2.27. The van der Waals surface area contributed by atoms with Gasteiger partial charge in [-0.3, -0.25) is 4.90 Å². The van der Waals surface area contributed by atoms with Crippen molar-refractivity contribution in [2.75, 3.05) is 40.0 Å². The smallest absolute Gasteiger partial charge is 0.125 e. The Morgan fingerprint density at radius 1 is 1.00 bits per heavy atom. The predicted octanol–water partition coefficient (Wildman–Crippen LogP) is 4.15. The van der Waals surface area contributed by atoms with Crippen molar-refractivity contribution in [1.29, 1.82) is 0 Å². The van der Waals surface area contributed by atoms with Crippen molar-refractivity contribution in [2.45, 2.75) is 27.7 Å². The van der Waals surface area contributed by atoms with Gasteiger partial charge in [-0.25, -0.2) is 0 Å². The van der Waals surface area contributed by atoms with E-state index in [1.165, 1.54) is 0 Å². The summed E-state index contributed by atoms with van der Waals surface area (Å²) in [6, 6.07) is 4.03. The van der Waals surface area contributed by atoms with Crippen LogP contribution in [0, 0.1) is 13.8 Å². The molecule has 0 bridgehead atoms. The van der Waals surface area contributed by atoms with Gasteiger partial charge in [-0.05, 0) is 50.6 Å². The summed E-state index contributed by atoms with van der Waals surface area (Å²) in [5.74, 6) is 1.80. The van der Waals surface area contributed by atoms with E-state index in [0.717, 1.165) is 42.3 Å². The fourth-order valence-corrected chi connectivity index (χ4v) is 2.44. The van der Waals surface area contributed by atoms with Crippen LogP contribution in [0.1, 0.15) is 25.0 Å². The third-order valence-corrected chi connectivity index (χ3v) is 3.84. The maximum atomic E-state index is 5.94. The number of oxime groups is 1. The Bertz CT molecular complexity index is 586. The Kier molecular flexibility index (Phi) is 10.9. The fraction of sp³-hybridized carbons (Fsp3) is 0.476. The SMILES string of the molecule is C/C=C/COc1cc(C)c(OC/C=C/CN(CC)CC=NOC)c(C)c1. The molecule has 5 nitrogen and oxygen atoms in total. The summed E-state index contributed by atoms with van der Waals surface area (Å²) in [6.07, 6.45) is 9.89. The minimum absolute atomic E-state index is 0.546. The molecule has 0 N–H and O–H groups in total. The van der Waals surface area contributed by atoms with Crippen molar-refractivity contribution in [3.8, 4) is 11.5 Å². The van der Waals surface area contributed by atoms with E-state index >= 15 is 0 Å². The third-order valence-electron chi connectivity index (χ3n) is 3.84. The van der Waals surface area contributed by atoms with Crippen molar-refractivity contribution < 1.29 is 14.3 Å². The Morgan fingerprint density at radius 2 is 1.69 bits per heavy atom. The number of hydrogen-bond acceptors (Lipinski definition) is 5. The zero-order chi connectivity index (χ0) is 19.2. The highest BCUT2D eigenvalue weighted by Gasteiger charge is 2.06. The number of hydrogen-bond donors (Lipinski definition) is 0. The normalized spacial score (nSPS) is 11.9. The maximum Gasteiger partial charge on any atom is 0.125 e. The monoisotopic (exact) mass is 360 g/mol. The van der Waals surface area contributed by atoms with E-state index in [-0.39, 0.29) is 0 Å². The zero-order valence-corrected chi connectivity index (χ0v) is 16.7. The topological polar surface area (TPSA) is 43.3 Å². The molecule has 0 saturated carbocycles. The molecule has 0 unspecified atom stereocenters. The summed E-state index contributed by atoms with van der Waals surface area (Å²) in [6.45, 7) is 11.9. The van der Waals surface area contributed by atoms with E-state index in [1.807, 2.05) is 51.1 Å². The molecule has 0 aromatic heterocycles. The Morgan fingerprint density at radius 3 is 2.31 bits per heavy atom. The van der Waals surface area contributed by atoms with E-state index in [9.17, 15) is 0 Å². The first-order valence-corrected chi connectivity index (χ1v) is 9.02. The van der Waals surface area contributed by atoms with Crippen molar-refractivity contribution in [3.63, 3.8) is 0 Å². The van der Waals surface area contributed by atoms with Gasteiger partial charge in [0.15, 0.2) is 0 Å². The molecule has 0 aliphatic rings. The summed E-state index contributed by atoms with van der Waals surface area (Å²) >= 11 is 0. The van der Waals surface area contributed by atoms with Gasteiger partial charge in [0.05, 0.1) is 6.21 Å². The van der Waals surface area contributed by atoms with Gasteiger partial charge < -0.3 is 14.3 Å². The zero-order valence-electron chi connectivity index (χ0n) is 16.7. The Balaban J connectivity index is 2.50. The lowest BCUT2D eigenvalue weighted by Gasteiger charge is -2.15. The molecule has 5 heteroatoms. The predicted molar refractivity (Wildman–Crippen MR) is 108 cm³/mol. The number of nitrogens with zero attached hydrogens (tertiary/aromatic N) is 2. The van der Waals surface area contributed by atoms with E-state index in [4.69, 9.17) is 9.47 Å². The van der Waals surface area contributed by atoms with Crippen LogP contribution in [0.15, 0.2) is 41.6 Å². The van der Waals surface area contributed by atoms with Crippen LogP contribution < -0.4 is 9.47 Å². The summed E-state index contributed by atoms with van der Waals surface area (Å²) < 4.78 is 11.6. The minimum Gasteiger partial charge on any atom is -0.490 e. The fourth-order valence-electron chi connectivity index (χ4n) is 2.44. The van der Waals surface area contributed by atoms with Gasteiger partial charge in [0.1, 0.15) is 31.8 Å². The van der Waals surface area contributed by atoms with Crippen LogP contribution in [0.25, 0.3) is 0 Å². The van der Waals surface area contributed by atoms with Crippen LogP contribution in [0.4, 0.5) is 0 Å². The molecule has 0 atom stereocenters. The van der Waals surface area contributed by atoms with Gasteiger partial charge >= 0.3 is 0 Å². The highest BCUT2D eigenvalue weighted by molar-refractivity contribution is 5.58. The van der Waals surface area contributed by atoms with Crippen LogP contribution in [0.5, 0.6) is 11.5 Å². The molecular weight excluding hydrogens is 328 g/mol. The van der Waals surface area contributed by atoms with E-state index in [0.29, 0.717) is 13.2 Å². The number of allylic oxidation sites excluding steroid dienone is 1. The van der Waals surface area contributed by atoms with Gasteiger partial charge in [-0.2, -0.15) is 0 Å². The van der Waals surface area contributed by atoms with Gasteiger partial charge in [0.25, 0.3) is 0 Å². The standard InChI is InChI=1S/C21H32N2O3/c1-6-8-14-25-20-16-18(3)21(19(4)17-20)26-15-10-9-12-23(7-2)13-11-22-24-5/h6,8-11,16-17H,7,12-15H2,1-5H3/b8-6+,10-9+,22-11?. The molecule has 1 rings (SSSR count). The average Bonchev–Trinajstić information content (AvgIpc) is 2.62. The number of benzene rings is 1. The molecule has 1 aromatic carbocycles. The lowest BCUT2D eigenvalue weighted by atomic mass is 10.1. The first kappa shape index (κ1) is 21.8. The van der Waals surface area contributed by atoms with Crippen molar-refractivity contribution in [3.05, 3.63) is 47.6 Å². The molecule has 0 saturated heterocycles. The Labute approximate surface area is 157 Å². The molecule has 0 heterocycles. The van der Waals surface area contributed by atoms with E-state index in [2.05, 4.69) is 27.9 Å². The first-order chi connectivity index (χ1) is 12.6. The van der Waals surface area contributed by atoms with Crippen LogP contribution in [-0.4, -0.2) is 51.1 Å². The van der Waals surface area contributed by atoms with Gasteiger partial charge in [0.2, 0.25) is 0 Å². The number of likely N-dealkylation sites (N-methyl/N-ethyl adjacent to an activating group) is 1. The summed E-state index contributed by atoms with van der Waals surface area (Å²) in [4.78, 5) is 6.92. The molecule has 0 radical (unpaired) electrons. The molecule has 1 aromatic rings. The highest BCUT2D eigenvalue weighted by atomic mass is 16.6. The molecule has 26 heavy (non-hydrogen) atoms. The van der Waals surface area contributed by atoms with Crippen LogP contribution >= 0.6 is 0 Å². The highest BCUT2D eigenvalue weighted by Crippen LogP contribution is 2.28. The molecule has 0 aliphatic carbocycles. The second kappa shape index (κ2) is 13.0. The second-order valence-corrected chi connectivity index (χ2v) is 5.87. The van der Waals surface area contributed by atoms with Gasteiger partial charge in [0, 0.05) is 13.1 Å². The molecule has 0 spiro atoms. The maximum absolute atomic E-state index is 5.94. The number of rotatable bonds is 12. The van der Waals surface area contributed by atoms with E-state index < -0.39 is 0 Å². The van der Waals surface area contributed by atoms with E-state index in [1.54, 1.807) is 13.3 Å². The van der Waals surface area contributed by atoms with Crippen LogP contribution in [0.3, 0.4) is 0 Å². The number of aryl methyl sites for hydroxylation is 2. The van der Waals surface area contributed by atoms with Gasteiger partial charge in [-0.1, -0.05) is 36.4 Å². The van der Waals surface area contributed by atoms with Crippen molar-refractivity contribution >= 4 is 6.21 Å². The quantitative estimate of drug-likeness (QED) is 0.319. The first-order valence-electron chi connectivity index (χ1n) is 9.02. The number of ether oxygens (including phenoxy) is 2. The lowest BCUT2D eigenvalue weighted by molar-refractivity contribution is 0.213. The summed E-state index contributed by atoms with van der Waals surface area (Å²) in [5.41, 5.74) is 2.17. The lowest BCUT2D eigenvalue weighted by Crippen LogP contribution is -2.25. The molecular formula is C21H32N2O3. The van der Waals surface area contributed by atoms with Crippen molar-refractivity contribution in [2.24, 2.45) is 5.16 Å².